The summed E-state index contributed by atoms with van der Waals surface area (Å²) >= 11 is 1.33. The van der Waals surface area contributed by atoms with Gasteiger partial charge in [-0.15, -0.1) is 21.5 Å². The lowest BCUT2D eigenvalue weighted by Gasteiger charge is -2.29. The molecule has 26 heavy (non-hydrogen) atoms. The fourth-order valence-corrected chi connectivity index (χ4v) is 3.88. The summed E-state index contributed by atoms with van der Waals surface area (Å²) in [5, 5.41) is 6.99. The van der Waals surface area contributed by atoms with Gasteiger partial charge >= 0.3 is 12.1 Å². The molecule has 0 aliphatic carbocycles. The molecule has 1 amide bonds. The predicted molar refractivity (Wildman–Crippen MR) is 86.8 cm³/mol. The fourth-order valence-electron chi connectivity index (χ4n) is 2.94. The van der Waals surface area contributed by atoms with Crippen LogP contribution in [0, 0.1) is 0 Å². The summed E-state index contributed by atoms with van der Waals surface area (Å²) in [6.07, 6.45) is -3.71. The lowest BCUT2D eigenvalue weighted by atomic mass is 9.97. The molecule has 10 heteroatoms. The quantitative estimate of drug-likeness (QED) is 0.676. The lowest BCUT2D eigenvalue weighted by Crippen LogP contribution is -2.37. The van der Waals surface area contributed by atoms with Crippen molar-refractivity contribution < 1.29 is 22.4 Å². The number of alkyl halides is 3. The summed E-state index contributed by atoms with van der Waals surface area (Å²) in [5.41, 5.74) is 0.779. The first-order valence-electron chi connectivity index (χ1n) is 7.97. The van der Waals surface area contributed by atoms with E-state index in [4.69, 9.17) is 4.42 Å². The maximum Gasteiger partial charge on any atom is 0.470 e. The second-order valence-corrected chi connectivity index (χ2v) is 7.03. The lowest BCUT2D eigenvalue weighted by molar-refractivity contribution is -0.157. The number of aromatic nitrogens is 3. The molecule has 3 heterocycles. The summed E-state index contributed by atoms with van der Waals surface area (Å²) in [6, 6.07) is 7.51. The average Bonchev–Trinajstić information content (AvgIpc) is 3.28. The third-order valence-corrected chi connectivity index (χ3v) is 5.32. The van der Waals surface area contributed by atoms with Gasteiger partial charge < -0.3 is 9.32 Å². The first-order valence-corrected chi connectivity index (χ1v) is 8.79. The normalized spacial score (nSPS) is 16.3. The zero-order valence-electron chi connectivity index (χ0n) is 13.4. The average molecular weight is 382 g/mol. The molecule has 0 unspecified atom stereocenters. The predicted octanol–water partition coefficient (Wildman–Crippen LogP) is 3.72. The number of hydrogen-bond donors (Lipinski definition) is 0. The first kappa shape index (κ1) is 17.0. The number of hydrogen-bond acceptors (Lipinski definition) is 6. The first-order chi connectivity index (χ1) is 12.4. The van der Waals surface area contributed by atoms with E-state index in [1.54, 1.807) is 4.90 Å². The van der Waals surface area contributed by atoms with Crippen molar-refractivity contribution in [1.29, 1.82) is 0 Å². The van der Waals surface area contributed by atoms with Crippen molar-refractivity contribution in [2.24, 2.45) is 0 Å². The van der Waals surface area contributed by atoms with Crippen molar-refractivity contribution in [3.63, 3.8) is 0 Å². The van der Waals surface area contributed by atoms with Crippen LogP contribution in [0.1, 0.15) is 40.3 Å². The van der Waals surface area contributed by atoms with Crippen molar-refractivity contribution in [2.75, 3.05) is 13.1 Å². The molecule has 0 spiro atoms. The van der Waals surface area contributed by atoms with Gasteiger partial charge in [0, 0.05) is 19.0 Å². The third kappa shape index (κ3) is 3.16. The number of rotatable bonds is 2. The Kier molecular flexibility index (Phi) is 4.14. The molecule has 4 rings (SSSR count). The van der Waals surface area contributed by atoms with Gasteiger partial charge in [-0.1, -0.05) is 12.1 Å². The molecule has 1 aliphatic heterocycles. The summed E-state index contributed by atoms with van der Waals surface area (Å²) in [4.78, 5) is 18.6. The highest BCUT2D eigenvalue weighted by Crippen LogP contribution is 2.33. The van der Waals surface area contributed by atoms with Crippen LogP contribution in [0.4, 0.5) is 13.2 Å². The molecule has 1 fully saturated rings. The number of halogens is 3. The number of fused-ring (bicyclic) bond motifs is 1. The largest absolute Gasteiger partial charge is 0.470 e. The molecular formula is C16H13F3N4O2S. The SMILES string of the molecule is O=C(c1nc2ccccc2s1)N1CCC(c2nnc(C(F)(F)F)o2)CC1. The molecular weight excluding hydrogens is 369 g/mol. The topological polar surface area (TPSA) is 72.1 Å². The van der Waals surface area contributed by atoms with E-state index in [-0.39, 0.29) is 17.7 Å². The minimum atomic E-state index is -4.64. The monoisotopic (exact) mass is 382 g/mol. The van der Waals surface area contributed by atoms with Crippen LogP contribution >= 0.6 is 11.3 Å². The number of carbonyl (C=O) groups excluding carboxylic acids is 1. The molecule has 0 atom stereocenters. The van der Waals surface area contributed by atoms with E-state index in [0.717, 1.165) is 10.2 Å². The van der Waals surface area contributed by atoms with Crippen molar-refractivity contribution >= 4 is 27.5 Å². The summed E-state index contributed by atoms with van der Waals surface area (Å²) in [7, 11) is 0. The summed E-state index contributed by atoms with van der Waals surface area (Å²) in [6.45, 7) is 0.812. The fraction of sp³-hybridized carbons (Fsp3) is 0.375. The molecule has 1 saturated heterocycles. The second kappa shape index (κ2) is 6.35. The van der Waals surface area contributed by atoms with Crippen LogP contribution in [-0.4, -0.2) is 39.1 Å². The molecule has 0 radical (unpaired) electrons. The molecule has 0 saturated carbocycles. The number of para-hydroxylation sites is 1. The highest BCUT2D eigenvalue weighted by molar-refractivity contribution is 7.20. The Morgan fingerprint density at radius 3 is 2.58 bits per heavy atom. The van der Waals surface area contributed by atoms with Gasteiger partial charge in [0.2, 0.25) is 5.89 Å². The Morgan fingerprint density at radius 1 is 1.19 bits per heavy atom. The van der Waals surface area contributed by atoms with Gasteiger partial charge in [0.05, 0.1) is 10.2 Å². The van der Waals surface area contributed by atoms with Gasteiger partial charge in [-0.05, 0) is 25.0 Å². The number of amides is 1. The molecule has 136 valence electrons. The van der Waals surface area contributed by atoms with E-state index in [2.05, 4.69) is 15.2 Å². The Hall–Kier alpha value is -2.49. The summed E-state index contributed by atoms with van der Waals surface area (Å²) < 4.78 is 43.4. The highest BCUT2D eigenvalue weighted by atomic mass is 32.1. The highest BCUT2D eigenvalue weighted by Gasteiger charge is 2.39. The van der Waals surface area contributed by atoms with E-state index >= 15 is 0 Å². The number of benzene rings is 1. The van der Waals surface area contributed by atoms with E-state index in [1.807, 2.05) is 24.3 Å². The van der Waals surface area contributed by atoms with Gasteiger partial charge in [-0.25, -0.2) is 4.98 Å². The van der Waals surface area contributed by atoms with Crippen LogP contribution in [0.5, 0.6) is 0 Å². The van der Waals surface area contributed by atoms with Gasteiger partial charge in [-0.3, -0.25) is 4.79 Å². The van der Waals surface area contributed by atoms with Gasteiger partial charge in [-0.2, -0.15) is 13.2 Å². The zero-order valence-corrected chi connectivity index (χ0v) is 14.2. The van der Waals surface area contributed by atoms with Crippen LogP contribution in [0.3, 0.4) is 0 Å². The number of nitrogens with zero attached hydrogens (tertiary/aromatic N) is 4. The zero-order chi connectivity index (χ0) is 18.3. The maximum atomic E-state index is 12.6. The number of thiazole rings is 1. The minimum absolute atomic E-state index is 0.0237. The molecule has 0 N–H and O–H groups in total. The van der Waals surface area contributed by atoms with Crippen LogP contribution in [0.15, 0.2) is 28.7 Å². The number of carbonyl (C=O) groups is 1. The van der Waals surface area contributed by atoms with E-state index in [1.165, 1.54) is 11.3 Å². The van der Waals surface area contributed by atoms with E-state index in [0.29, 0.717) is 30.9 Å². The molecule has 0 bridgehead atoms. The minimum Gasteiger partial charge on any atom is -0.417 e. The van der Waals surface area contributed by atoms with Crippen molar-refractivity contribution in [3.8, 4) is 0 Å². The van der Waals surface area contributed by atoms with Crippen LogP contribution < -0.4 is 0 Å². The van der Waals surface area contributed by atoms with Gasteiger partial charge in [0.25, 0.3) is 5.91 Å². The summed E-state index contributed by atoms with van der Waals surface area (Å²) in [5.74, 6) is -1.80. The number of piperidine rings is 1. The molecule has 6 nitrogen and oxygen atoms in total. The Labute approximate surface area is 149 Å². The van der Waals surface area contributed by atoms with Crippen LogP contribution in [0.25, 0.3) is 10.2 Å². The number of likely N-dealkylation sites (tertiary alicyclic amines) is 1. The molecule has 2 aromatic heterocycles. The van der Waals surface area contributed by atoms with Crippen LogP contribution in [0.2, 0.25) is 0 Å². The Bertz CT molecular complexity index is 911. The molecule has 3 aromatic rings. The Morgan fingerprint density at radius 2 is 1.92 bits per heavy atom. The van der Waals surface area contributed by atoms with E-state index < -0.39 is 12.1 Å². The Balaban J connectivity index is 1.43. The van der Waals surface area contributed by atoms with Gasteiger partial charge in [0.15, 0.2) is 5.01 Å². The molecule has 1 aliphatic rings. The van der Waals surface area contributed by atoms with Crippen molar-refractivity contribution in [1.82, 2.24) is 20.1 Å². The maximum absolute atomic E-state index is 12.6. The van der Waals surface area contributed by atoms with Crippen molar-refractivity contribution in [3.05, 3.63) is 41.1 Å². The smallest absolute Gasteiger partial charge is 0.417 e. The van der Waals surface area contributed by atoms with Gasteiger partial charge in [0.1, 0.15) is 0 Å². The second-order valence-electron chi connectivity index (χ2n) is 6.00. The van der Waals surface area contributed by atoms with Crippen LogP contribution in [-0.2, 0) is 6.18 Å². The standard InChI is InChI=1S/C16H13F3N4O2S/c17-16(18,19)15-22-21-12(25-15)9-5-7-23(8-6-9)14(24)13-20-10-3-1-2-4-11(10)26-13/h1-4,9H,5-8H2. The third-order valence-electron chi connectivity index (χ3n) is 4.29. The van der Waals surface area contributed by atoms with E-state index in [9.17, 15) is 18.0 Å². The molecule has 1 aromatic carbocycles. The van der Waals surface area contributed by atoms with Crippen molar-refractivity contribution in [2.45, 2.75) is 24.9 Å².